The first-order valence-corrected chi connectivity index (χ1v) is 9.21. The number of amides is 1. The number of nitrogens with zero attached hydrogens (tertiary/aromatic N) is 3. The molecule has 7 heteroatoms. The Morgan fingerprint density at radius 1 is 1.25 bits per heavy atom. The quantitative estimate of drug-likeness (QED) is 0.523. The minimum atomic E-state index is 0.171. The Morgan fingerprint density at radius 3 is 2.50 bits per heavy atom. The molecular formula is C17H31N5O2. The third-order valence-corrected chi connectivity index (χ3v) is 4.83. The van der Waals surface area contributed by atoms with Crippen LogP contribution in [-0.2, 0) is 9.53 Å². The summed E-state index contributed by atoms with van der Waals surface area (Å²) in [6.07, 6.45) is 2.29. The smallest absolute Gasteiger partial charge is 0.234 e. The lowest BCUT2D eigenvalue weighted by Crippen LogP contribution is -2.54. The van der Waals surface area contributed by atoms with Gasteiger partial charge in [0.15, 0.2) is 5.96 Å². The van der Waals surface area contributed by atoms with Crippen LogP contribution < -0.4 is 10.6 Å². The van der Waals surface area contributed by atoms with E-state index in [1.807, 2.05) is 0 Å². The third-order valence-electron chi connectivity index (χ3n) is 4.83. The first-order chi connectivity index (χ1) is 11.6. The lowest BCUT2D eigenvalue weighted by atomic mass is 9.89. The molecule has 0 aromatic rings. The molecule has 3 rings (SSSR count). The van der Waals surface area contributed by atoms with Crippen LogP contribution in [0.15, 0.2) is 4.99 Å². The van der Waals surface area contributed by atoms with Crippen LogP contribution in [0, 0.1) is 5.41 Å². The van der Waals surface area contributed by atoms with Crippen molar-refractivity contribution >= 4 is 11.9 Å². The molecule has 0 aromatic heterocycles. The largest absolute Gasteiger partial charge is 0.380 e. The van der Waals surface area contributed by atoms with E-state index in [9.17, 15) is 4.79 Å². The van der Waals surface area contributed by atoms with Crippen LogP contribution in [0.3, 0.4) is 0 Å². The summed E-state index contributed by atoms with van der Waals surface area (Å²) in [6.45, 7) is 11.8. The zero-order chi connectivity index (χ0) is 17.0. The predicted molar refractivity (Wildman–Crippen MR) is 94.1 cm³/mol. The van der Waals surface area contributed by atoms with E-state index in [0.29, 0.717) is 12.6 Å². The van der Waals surface area contributed by atoms with E-state index in [1.54, 1.807) is 0 Å². The fourth-order valence-electron chi connectivity index (χ4n) is 3.06. The summed E-state index contributed by atoms with van der Waals surface area (Å²) in [7, 11) is 0. The average molecular weight is 337 g/mol. The second kappa shape index (κ2) is 7.70. The summed E-state index contributed by atoms with van der Waals surface area (Å²) >= 11 is 0. The van der Waals surface area contributed by atoms with Gasteiger partial charge in [0.2, 0.25) is 5.91 Å². The number of hydrogen-bond acceptors (Lipinski definition) is 4. The monoisotopic (exact) mass is 337 g/mol. The Labute approximate surface area is 144 Å². The zero-order valence-corrected chi connectivity index (χ0v) is 15.0. The highest BCUT2D eigenvalue weighted by atomic mass is 16.5. The number of ether oxygens (including phenoxy) is 1. The molecule has 3 aliphatic rings. The fourth-order valence-corrected chi connectivity index (χ4v) is 3.06. The van der Waals surface area contributed by atoms with Crippen molar-refractivity contribution in [3.05, 3.63) is 0 Å². The first-order valence-electron chi connectivity index (χ1n) is 9.21. The molecule has 1 amide bonds. The summed E-state index contributed by atoms with van der Waals surface area (Å²) < 4.78 is 5.31. The maximum atomic E-state index is 11.9. The van der Waals surface area contributed by atoms with Gasteiger partial charge in [0.25, 0.3) is 0 Å². The zero-order valence-electron chi connectivity index (χ0n) is 15.0. The normalized spacial score (nSPS) is 24.4. The Bertz CT molecular complexity index is 466. The molecule has 3 fully saturated rings. The fraction of sp³-hybridized carbons (Fsp3) is 0.882. The van der Waals surface area contributed by atoms with Gasteiger partial charge in [-0.25, -0.2) is 0 Å². The molecule has 2 N–H and O–H groups in total. The SMILES string of the molecule is CCNC(=NCC1(C)COC1)N1CCN(CC(=O)NC2CC2)CC1. The van der Waals surface area contributed by atoms with Crippen LogP contribution in [0.2, 0.25) is 0 Å². The summed E-state index contributed by atoms with van der Waals surface area (Å²) in [5, 5.41) is 6.46. The Morgan fingerprint density at radius 2 is 1.96 bits per heavy atom. The number of carbonyl (C=O) groups excluding carboxylic acids is 1. The van der Waals surface area contributed by atoms with Crippen LogP contribution in [-0.4, -0.2) is 86.7 Å². The maximum absolute atomic E-state index is 11.9. The van der Waals surface area contributed by atoms with E-state index >= 15 is 0 Å². The number of piperazine rings is 1. The molecule has 0 unspecified atom stereocenters. The van der Waals surface area contributed by atoms with Gasteiger partial charge in [-0.1, -0.05) is 6.92 Å². The van der Waals surface area contributed by atoms with Crippen molar-refractivity contribution in [1.29, 1.82) is 0 Å². The van der Waals surface area contributed by atoms with E-state index < -0.39 is 0 Å². The van der Waals surface area contributed by atoms with Gasteiger partial charge in [0, 0.05) is 44.2 Å². The van der Waals surface area contributed by atoms with Crippen LogP contribution in [0.25, 0.3) is 0 Å². The van der Waals surface area contributed by atoms with Gasteiger partial charge in [0.1, 0.15) is 0 Å². The highest BCUT2D eigenvalue weighted by Gasteiger charge is 2.33. The van der Waals surface area contributed by atoms with Crippen molar-refractivity contribution in [2.45, 2.75) is 32.7 Å². The van der Waals surface area contributed by atoms with Gasteiger partial charge >= 0.3 is 0 Å². The van der Waals surface area contributed by atoms with Gasteiger partial charge in [-0.05, 0) is 19.8 Å². The van der Waals surface area contributed by atoms with E-state index in [4.69, 9.17) is 9.73 Å². The molecule has 0 radical (unpaired) electrons. The van der Waals surface area contributed by atoms with E-state index in [2.05, 4.69) is 34.3 Å². The molecule has 2 saturated heterocycles. The molecule has 7 nitrogen and oxygen atoms in total. The van der Waals surface area contributed by atoms with Gasteiger partial charge in [-0.3, -0.25) is 14.7 Å². The highest BCUT2D eigenvalue weighted by Crippen LogP contribution is 2.26. The van der Waals surface area contributed by atoms with Crippen LogP contribution >= 0.6 is 0 Å². The molecule has 2 heterocycles. The average Bonchev–Trinajstić information content (AvgIpc) is 3.34. The molecular weight excluding hydrogens is 306 g/mol. The number of nitrogens with one attached hydrogen (secondary N) is 2. The van der Waals surface area contributed by atoms with Crippen molar-refractivity contribution in [3.63, 3.8) is 0 Å². The molecule has 0 atom stereocenters. The van der Waals surface area contributed by atoms with E-state index in [1.165, 1.54) is 0 Å². The van der Waals surface area contributed by atoms with Crippen LogP contribution in [0.4, 0.5) is 0 Å². The minimum absolute atomic E-state index is 0.171. The summed E-state index contributed by atoms with van der Waals surface area (Å²) in [6, 6.07) is 0.447. The van der Waals surface area contributed by atoms with Crippen molar-refractivity contribution in [1.82, 2.24) is 20.4 Å². The number of guanidine groups is 1. The topological polar surface area (TPSA) is 69.2 Å². The van der Waals surface area contributed by atoms with Crippen molar-refractivity contribution in [2.75, 3.05) is 59.0 Å². The summed E-state index contributed by atoms with van der Waals surface area (Å²) in [5.41, 5.74) is 0.198. The van der Waals surface area contributed by atoms with E-state index in [0.717, 1.165) is 71.3 Å². The van der Waals surface area contributed by atoms with Crippen molar-refractivity contribution in [3.8, 4) is 0 Å². The maximum Gasteiger partial charge on any atom is 0.234 e. The van der Waals surface area contributed by atoms with Gasteiger partial charge in [-0.2, -0.15) is 0 Å². The highest BCUT2D eigenvalue weighted by molar-refractivity contribution is 5.80. The van der Waals surface area contributed by atoms with Gasteiger partial charge in [0.05, 0.1) is 26.3 Å². The summed E-state index contributed by atoms with van der Waals surface area (Å²) in [5.74, 6) is 1.16. The standard InChI is InChI=1S/C17H31N5O2/c1-3-18-16(19-11-17(2)12-24-13-17)22-8-6-21(7-9-22)10-15(23)20-14-4-5-14/h14H,3-13H2,1-2H3,(H,18,19)(H,20,23). The third kappa shape index (κ3) is 4.83. The minimum Gasteiger partial charge on any atom is -0.380 e. The molecule has 136 valence electrons. The number of hydrogen-bond donors (Lipinski definition) is 2. The molecule has 0 spiro atoms. The number of aliphatic imine (C=N–C) groups is 1. The Hall–Kier alpha value is -1.34. The van der Waals surface area contributed by atoms with Gasteiger partial charge < -0.3 is 20.3 Å². The Kier molecular flexibility index (Phi) is 5.61. The van der Waals surface area contributed by atoms with E-state index in [-0.39, 0.29) is 11.3 Å². The molecule has 0 aromatic carbocycles. The predicted octanol–water partition coefficient (Wildman–Crippen LogP) is -0.115. The number of rotatable bonds is 6. The molecule has 0 bridgehead atoms. The van der Waals surface area contributed by atoms with Crippen LogP contribution in [0.1, 0.15) is 26.7 Å². The number of carbonyl (C=O) groups is 1. The molecule has 1 saturated carbocycles. The van der Waals surface area contributed by atoms with Crippen molar-refractivity contribution < 1.29 is 9.53 Å². The lowest BCUT2D eigenvalue weighted by Gasteiger charge is -2.39. The second-order valence-corrected chi connectivity index (χ2v) is 7.58. The van der Waals surface area contributed by atoms with Crippen molar-refractivity contribution in [2.24, 2.45) is 10.4 Å². The van der Waals surface area contributed by atoms with Gasteiger partial charge in [-0.15, -0.1) is 0 Å². The Balaban J connectivity index is 1.45. The first kappa shape index (κ1) is 17.5. The lowest BCUT2D eigenvalue weighted by molar-refractivity contribution is -0.122. The molecule has 24 heavy (non-hydrogen) atoms. The summed E-state index contributed by atoms with van der Waals surface area (Å²) in [4.78, 5) is 21.3. The molecule has 2 aliphatic heterocycles. The second-order valence-electron chi connectivity index (χ2n) is 7.58. The molecule has 1 aliphatic carbocycles. The van der Waals surface area contributed by atoms with Crippen LogP contribution in [0.5, 0.6) is 0 Å².